The largest absolute Gasteiger partial charge is 0.383 e. The van der Waals surface area contributed by atoms with Gasteiger partial charge in [0.15, 0.2) is 0 Å². The van der Waals surface area contributed by atoms with Crippen LogP contribution in [0.1, 0.15) is 18.4 Å². The molecule has 0 aliphatic carbocycles. The quantitative estimate of drug-likeness (QED) is 0.796. The average molecular weight is 268 g/mol. The van der Waals surface area contributed by atoms with Crippen molar-refractivity contribution in [1.29, 1.82) is 5.26 Å². The number of halogens is 1. The van der Waals surface area contributed by atoms with Crippen molar-refractivity contribution in [1.82, 2.24) is 0 Å². The van der Waals surface area contributed by atoms with Crippen LogP contribution >= 0.6 is 11.6 Å². The van der Waals surface area contributed by atoms with E-state index in [2.05, 4.69) is 11.4 Å². The van der Waals surface area contributed by atoms with Crippen molar-refractivity contribution in [3.63, 3.8) is 0 Å². The van der Waals surface area contributed by atoms with Gasteiger partial charge in [0.05, 0.1) is 28.9 Å². The first-order valence-corrected chi connectivity index (χ1v) is 6.24. The number of nitrogens with one attached hydrogen (secondary N) is 1. The highest BCUT2D eigenvalue weighted by Gasteiger charge is 2.10. The molecule has 1 atom stereocenters. The van der Waals surface area contributed by atoms with Crippen molar-refractivity contribution >= 4 is 17.3 Å². The summed E-state index contributed by atoms with van der Waals surface area (Å²) >= 11 is 6.09. The number of hydrogen-bond donors (Lipinski definition) is 2. The first kappa shape index (κ1) is 14.8. The third-order valence-electron chi connectivity index (χ3n) is 2.58. The molecule has 0 saturated heterocycles. The van der Waals surface area contributed by atoms with Crippen LogP contribution in [0.15, 0.2) is 18.2 Å². The molecule has 5 heteroatoms. The zero-order chi connectivity index (χ0) is 13.4. The Morgan fingerprint density at radius 1 is 1.56 bits per heavy atom. The Hall–Kier alpha value is -1.28. The molecule has 4 nitrogen and oxygen atoms in total. The minimum Gasteiger partial charge on any atom is -0.383 e. The van der Waals surface area contributed by atoms with E-state index in [0.29, 0.717) is 23.7 Å². The van der Waals surface area contributed by atoms with Gasteiger partial charge in [0.2, 0.25) is 0 Å². The van der Waals surface area contributed by atoms with Gasteiger partial charge < -0.3 is 15.8 Å². The van der Waals surface area contributed by atoms with E-state index < -0.39 is 0 Å². The summed E-state index contributed by atoms with van der Waals surface area (Å²) in [6.45, 7) is 1.22. The fraction of sp³-hybridized carbons (Fsp3) is 0.462. The van der Waals surface area contributed by atoms with Crippen LogP contribution in [0.2, 0.25) is 5.02 Å². The number of benzene rings is 1. The Morgan fingerprint density at radius 2 is 2.33 bits per heavy atom. The monoisotopic (exact) mass is 267 g/mol. The summed E-state index contributed by atoms with van der Waals surface area (Å²) in [6, 6.07) is 7.39. The van der Waals surface area contributed by atoms with Gasteiger partial charge in [-0.25, -0.2) is 0 Å². The van der Waals surface area contributed by atoms with Crippen molar-refractivity contribution in [3.05, 3.63) is 28.8 Å². The van der Waals surface area contributed by atoms with Gasteiger partial charge in [-0.1, -0.05) is 11.6 Å². The second kappa shape index (κ2) is 7.93. The van der Waals surface area contributed by atoms with Crippen molar-refractivity contribution in [2.24, 2.45) is 5.73 Å². The molecule has 0 aromatic heterocycles. The molecule has 0 spiro atoms. The van der Waals surface area contributed by atoms with E-state index in [1.807, 2.05) is 0 Å². The van der Waals surface area contributed by atoms with E-state index in [0.717, 1.165) is 18.5 Å². The Morgan fingerprint density at radius 3 is 2.94 bits per heavy atom. The fourth-order valence-corrected chi connectivity index (χ4v) is 1.86. The Bertz CT molecular complexity index is 417. The number of hydrogen-bond acceptors (Lipinski definition) is 4. The van der Waals surface area contributed by atoms with E-state index in [9.17, 15) is 0 Å². The third-order valence-corrected chi connectivity index (χ3v) is 2.91. The lowest BCUT2D eigenvalue weighted by Gasteiger charge is -2.19. The Kier molecular flexibility index (Phi) is 6.51. The minimum atomic E-state index is 0.144. The number of nitrogens with two attached hydrogens (primary N) is 1. The maximum absolute atomic E-state index is 8.87. The zero-order valence-electron chi connectivity index (χ0n) is 10.4. The van der Waals surface area contributed by atoms with Crippen LogP contribution in [-0.4, -0.2) is 26.3 Å². The predicted molar refractivity (Wildman–Crippen MR) is 73.7 cm³/mol. The molecule has 1 aromatic carbocycles. The predicted octanol–water partition coefficient (Wildman–Crippen LogP) is 2.38. The van der Waals surface area contributed by atoms with Crippen LogP contribution < -0.4 is 11.1 Å². The Labute approximate surface area is 113 Å². The molecule has 18 heavy (non-hydrogen) atoms. The SMILES string of the molecule is COCC(CCCN)Nc1cc(C#N)ccc1Cl. The molecular weight excluding hydrogens is 250 g/mol. The zero-order valence-corrected chi connectivity index (χ0v) is 11.2. The smallest absolute Gasteiger partial charge is 0.0992 e. The van der Waals surface area contributed by atoms with Crippen molar-refractivity contribution in [3.8, 4) is 6.07 Å². The van der Waals surface area contributed by atoms with E-state index in [1.54, 1.807) is 25.3 Å². The lowest BCUT2D eigenvalue weighted by molar-refractivity contribution is 0.182. The van der Waals surface area contributed by atoms with Gasteiger partial charge in [0.25, 0.3) is 0 Å². The molecular formula is C13H18ClN3O. The van der Waals surface area contributed by atoms with Gasteiger partial charge in [-0.2, -0.15) is 5.26 Å². The van der Waals surface area contributed by atoms with Crippen molar-refractivity contribution < 1.29 is 4.74 Å². The molecule has 0 saturated carbocycles. The highest BCUT2D eigenvalue weighted by atomic mass is 35.5. The molecule has 0 heterocycles. The second-order valence-electron chi connectivity index (χ2n) is 4.03. The number of ether oxygens (including phenoxy) is 1. The number of rotatable bonds is 7. The third kappa shape index (κ3) is 4.53. The lowest BCUT2D eigenvalue weighted by atomic mass is 10.1. The first-order valence-electron chi connectivity index (χ1n) is 5.86. The van der Waals surface area contributed by atoms with Crippen LogP contribution in [0, 0.1) is 11.3 Å². The molecule has 0 aliphatic heterocycles. The minimum absolute atomic E-state index is 0.144. The van der Waals surface area contributed by atoms with Crippen LogP contribution in [0.5, 0.6) is 0 Å². The molecule has 1 aromatic rings. The van der Waals surface area contributed by atoms with E-state index in [-0.39, 0.29) is 6.04 Å². The highest BCUT2D eigenvalue weighted by Crippen LogP contribution is 2.24. The summed E-state index contributed by atoms with van der Waals surface area (Å²) in [5.74, 6) is 0. The van der Waals surface area contributed by atoms with Crippen molar-refractivity contribution in [2.75, 3.05) is 25.6 Å². The fourth-order valence-electron chi connectivity index (χ4n) is 1.69. The van der Waals surface area contributed by atoms with Crippen LogP contribution in [0.3, 0.4) is 0 Å². The standard InChI is InChI=1S/C13H18ClN3O/c1-18-9-11(3-2-6-15)17-13-7-10(8-16)4-5-12(13)14/h4-5,7,11,17H,2-3,6,9,15H2,1H3. The van der Waals surface area contributed by atoms with Crippen LogP contribution in [-0.2, 0) is 4.74 Å². The lowest BCUT2D eigenvalue weighted by Crippen LogP contribution is -2.26. The van der Waals surface area contributed by atoms with Crippen LogP contribution in [0.4, 0.5) is 5.69 Å². The van der Waals surface area contributed by atoms with Gasteiger partial charge in [-0.3, -0.25) is 0 Å². The van der Waals surface area contributed by atoms with Gasteiger partial charge in [-0.15, -0.1) is 0 Å². The molecule has 0 radical (unpaired) electrons. The summed E-state index contributed by atoms with van der Waals surface area (Å²) in [6.07, 6.45) is 1.81. The van der Waals surface area contributed by atoms with Gasteiger partial charge in [0, 0.05) is 13.2 Å². The van der Waals surface area contributed by atoms with Gasteiger partial charge in [-0.05, 0) is 37.6 Å². The average Bonchev–Trinajstić information content (AvgIpc) is 2.38. The second-order valence-corrected chi connectivity index (χ2v) is 4.44. The Balaban J connectivity index is 2.75. The maximum atomic E-state index is 8.87. The van der Waals surface area contributed by atoms with Gasteiger partial charge >= 0.3 is 0 Å². The van der Waals surface area contributed by atoms with E-state index in [1.165, 1.54) is 0 Å². The first-order chi connectivity index (χ1) is 8.71. The molecule has 3 N–H and O–H groups in total. The number of methoxy groups -OCH3 is 1. The molecule has 0 bridgehead atoms. The summed E-state index contributed by atoms with van der Waals surface area (Å²) in [7, 11) is 1.66. The summed E-state index contributed by atoms with van der Waals surface area (Å²) < 4.78 is 5.16. The van der Waals surface area contributed by atoms with Gasteiger partial charge in [0.1, 0.15) is 0 Å². The number of anilines is 1. The van der Waals surface area contributed by atoms with Crippen molar-refractivity contribution in [2.45, 2.75) is 18.9 Å². The normalized spacial score (nSPS) is 11.9. The number of nitriles is 1. The molecule has 0 amide bonds. The van der Waals surface area contributed by atoms with E-state index >= 15 is 0 Å². The summed E-state index contributed by atoms with van der Waals surface area (Å²) in [4.78, 5) is 0. The van der Waals surface area contributed by atoms with Crippen LogP contribution in [0.25, 0.3) is 0 Å². The van der Waals surface area contributed by atoms with E-state index in [4.69, 9.17) is 27.3 Å². The topological polar surface area (TPSA) is 71.1 Å². The summed E-state index contributed by atoms with van der Waals surface area (Å²) in [5.41, 5.74) is 6.84. The summed E-state index contributed by atoms with van der Waals surface area (Å²) in [5, 5.41) is 12.8. The number of nitrogens with zero attached hydrogens (tertiary/aromatic N) is 1. The maximum Gasteiger partial charge on any atom is 0.0992 e. The molecule has 98 valence electrons. The molecule has 1 unspecified atom stereocenters. The molecule has 0 aliphatic rings. The highest BCUT2D eigenvalue weighted by molar-refractivity contribution is 6.33. The molecule has 1 rings (SSSR count). The molecule has 0 fully saturated rings.